The Bertz CT molecular complexity index is 937. The number of anilines is 1. The topological polar surface area (TPSA) is 51.2 Å². The van der Waals surface area contributed by atoms with Crippen LogP contribution in [0.25, 0.3) is 0 Å². The van der Waals surface area contributed by atoms with E-state index < -0.39 is 17.6 Å². The van der Waals surface area contributed by atoms with Gasteiger partial charge in [0.05, 0.1) is 16.3 Å². The maximum Gasteiger partial charge on any atom is 0.416 e. The Kier molecular flexibility index (Phi) is 5.46. The van der Waals surface area contributed by atoms with Crippen LogP contribution in [0.5, 0.6) is 5.75 Å². The van der Waals surface area contributed by atoms with E-state index in [1.807, 2.05) is 12.3 Å². The minimum atomic E-state index is -4.41. The highest BCUT2D eigenvalue weighted by Gasteiger charge is 2.30. The summed E-state index contributed by atoms with van der Waals surface area (Å²) in [5.41, 5.74) is 0.643. The van der Waals surface area contributed by atoms with Crippen LogP contribution in [0.3, 0.4) is 0 Å². The second kappa shape index (κ2) is 7.79. The van der Waals surface area contributed by atoms with Crippen LogP contribution < -0.4 is 10.1 Å². The molecule has 0 spiro atoms. The van der Waals surface area contributed by atoms with Crippen molar-refractivity contribution in [3.05, 3.63) is 75.7 Å². The Morgan fingerprint density at radius 3 is 2.56 bits per heavy atom. The standard InChI is InChI=1S/C19H15F3N2O2S/c1-12-23-16(11-27-12)10-26-17-4-2-3-13(9-17)18(25)24-15-7-5-14(6-8-15)19(20,21)22/h2-9,11H,10H2,1H3,(H,24,25). The SMILES string of the molecule is Cc1nc(COc2cccc(C(=O)Nc3ccc(C(F)(F)F)cc3)c2)cs1. The molecule has 0 fully saturated rings. The van der Waals surface area contributed by atoms with Gasteiger partial charge in [-0.05, 0) is 49.4 Å². The van der Waals surface area contributed by atoms with E-state index >= 15 is 0 Å². The number of hydrogen-bond donors (Lipinski definition) is 1. The second-order valence-electron chi connectivity index (χ2n) is 5.70. The predicted molar refractivity (Wildman–Crippen MR) is 97.0 cm³/mol. The fraction of sp³-hybridized carbons (Fsp3) is 0.158. The fourth-order valence-corrected chi connectivity index (χ4v) is 2.90. The monoisotopic (exact) mass is 392 g/mol. The zero-order valence-electron chi connectivity index (χ0n) is 14.2. The van der Waals surface area contributed by atoms with Crippen molar-refractivity contribution in [3.63, 3.8) is 0 Å². The van der Waals surface area contributed by atoms with E-state index in [4.69, 9.17) is 4.74 Å². The minimum absolute atomic E-state index is 0.275. The first kappa shape index (κ1) is 18.9. The molecule has 3 rings (SSSR count). The molecule has 0 aliphatic carbocycles. The Labute approximate surface area is 157 Å². The zero-order chi connectivity index (χ0) is 19.4. The van der Waals surface area contributed by atoms with Crippen molar-refractivity contribution in [2.75, 3.05) is 5.32 Å². The van der Waals surface area contributed by atoms with E-state index in [-0.39, 0.29) is 12.3 Å². The molecule has 3 aromatic rings. The van der Waals surface area contributed by atoms with E-state index in [0.29, 0.717) is 11.3 Å². The van der Waals surface area contributed by atoms with Crippen LogP contribution in [-0.4, -0.2) is 10.9 Å². The highest BCUT2D eigenvalue weighted by molar-refractivity contribution is 7.09. The van der Waals surface area contributed by atoms with Crippen molar-refractivity contribution in [1.82, 2.24) is 4.98 Å². The quantitative estimate of drug-likeness (QED) is 0.641. The van der Waals surface area contributed by atoms with E-state index in [9.17, 15) is 18.0 Å². The number of nitrogens with one attached hydrogen (secondary N) is 1. The summed E-state index contributed by atoms with van der Waals surface area (Å²) in [4.78, 5) is 16.6. The summed E-state index contributed by atoms with van der Waals surface area (Å²) < 4.78 is 43.4. The van der Waals surface area contributed by atoms with Gasteiger partial charge in [0.15, 0.2) is 0 Å². The molecule has 0 aliphatic rings. The smallest absolute Gasteiger partial charge is 0.416 e. The Hall–Kier alpha value is -2.87. The molecule has 1 heterocycles. The summed E-state index contributed by atoms with van der Waals surface area (Å²) in [6.07, 6.45) is -4.41. The Balaban J connectivity index is 1.64. The van der Waals surface area contributed by atoms with Crippen molar-refractivity contribution in [2.24, 2.45) is 0 Å². The lowest BCUT2D eigenvalue weighted by atomic mass is 10.1. The van der Waals surface area contributed by atoms with Crippen LogP contribution in [0.15, 0.2) is 53.9 Å². The van der Waals surface area contributed by atoms with Crippen molar-refractivity contribution in [2.45, 2.75) is 19.7 Å². The van der Waals surface area contributed by atoms with E-state index in [2.05, 4.69) is 10.3 Å². The lowest BCUT2D eigenvalue weighted by molar-refractivity contribution is -0.137. The number of thiazole rings is 1. The number of carbonyl (C=O) groups excluding carboxylic acids is 1. The summed E-state index contributed by atoms with van der Waals surface area (Å²) in [7, 11) is 0. The molecule has 27 heavy (non-hydrogen) atoms. The number of aromatic nitrogens is 1. The summed E-state index contributed by atoms with van der Waals surface area (Å²) in [5, 5.41) is 5.41. The normalized spacial score (nSPS) is 11.3. The van der Waals surface area contributed by atoms with E-state index in [1.165, 1.54) is 23.5 Å². The van der Waals surface area contributed by atoms with Crippen molar-refractivity contribution < 1.29 is 22.7 Å². The number of alkyl halides is 3. The maximum atomic E-state index is 12.6. The molecule has 0 radical (unpaired) electrons. The molecule has 2 aromatic carbocycles. The van der Waals surface area contributed by atoms with Gasteiger partial charge in [0, 0.05) is 16.6 Å². The lowest BCUT2D eigenvalue weighted by Crippen LogP contribution is -2.12. The van der Waals surface area contributed by atoms with Crippen molar-refractivity contribution in [1.29, 1.82) is 0 Å². The van der Waals surface area contributed by atoms with Gasteiger partial charge in [0.25, 0.3) is 5.91 Å². The fourth-order valence-electron chi connectivity index (χ4n) is 2.30. The molecule has 0 bridgehead atoms. The second-order valence-corrected chi connectivity index (χ2v) is 6.77. The molecule has 0 atom stereocenters. The van der Waals surface area contributed by atoms with Gasteiger partial charge in [-0.25, -0.2) is 4.98 Å². The first-order valence-electron chi connectivity index (χ1n) is 7.94. The van der Waals surface area contributed by atoms with Crippen LogP contribution in [0, 0.1) is 6.92 Å². The first-order chi connectivity index (χ1) is 12.8. The number of halogens is 3. The molecule has 1 aromatic heterocycles. The van der Waals surface area contributed by atoms with Gasteiger partial charge in [-0.3, -0.25) is 4.79 Å². The highest BCUT2D eigenvalue weighted by Crippen LogP contribution is 2.30. The largest absolute Gasteiger partial charge is 0.487 e. The molecular formula is C19H15F3N2O2S. The van der Waals surface area contributed by atoms with Crippen molar-refractivity contribution in [3.8, 4) is 5.75 Å². The van der Waals surface area contributed by atoms with E-state index in [1.54, 1.807) is 24.3 Å². The van der Waals surface area contributed by atoms with E-state index in [0.717, 1.165) is 22.8 Å². The molecule has 1 amide bonds. The Morgan fingerprint density at radius 2 is 1.93 bits per heavy atom. The lowest BCUT2D eigenvalue weighted by Gasteiger charge is -2.10. The molecule has 4 nitrogen and oxygen atoms in total. The number of nitrogens with zero attached hydrogens (tertiary/aromatic N) is 1. The molecular weight excluding hydrogens is 377 g/mol. The van der Waals surface area contributed by atoms with Gasteiger partial charge < -0.3 is 10.1 Å². The number of benzene rings is 2. The summed E-state index contributed by atoms with van der Waals surface area (Å²) in [5.74, 6) is 0.0606. The van der Waals surface area contributed by atoms with Gasteiger partial charge in [0.2, 0.25) is 0 Å². The first-order valence-corrected chi connectivity index (χ1v) is 8.82. The number of carbonyl (C=O) groups is 1. The summed E-state index contributed by atoms with van der Waals surface area (Å²) in [6.45, 7) is 2.19. The molecule has 8 heteroatoms. The Morgan fingerprint density at radius 1 is 1.19 bits per heavy atom. The number of aryl methyl sites for hydroxylation is 1. The van der Waals surface area contributed by atoms with Crippen LogP contribution in [0.1, 0.15) is 26.6 Å². The predicted octanol–water partition coefficient (Wildman–Crippen LogP) is 5.30. The van der Waals surface area contributed by atoms with Gasteiger partial charge in [-0.1, -0.05) is 6.07 Å². The van der Waals surface area contributed by atoms with Gasteiger partial charge in [-0.2, -0.15) is 13.2 Å². The average molecular weight is 392 g/mol. The van der Waals surface area contributed by atoms with Gasteiger partial charge >= 0.3 is 6.18 Å². The van der Waals surface area contributed by atoms with Crippen LogP contribution >= 0.6 is 11.3 Å². The van der Waals surface area contributed by atoms with Gasteiger partial charge in [0.1, 0.15) is 12.4 Å². The van der Waals surface area contributed by atoms with Crippen molar-refractivity contribution >= 4 is 22.9 Å². The van der Waals surface area contributed by atoms with Crippen LogP contribution in [0.4, 0.5) is 18.9 Å². The zero-order valence-corrected chi connectivity index (χ0v) is 15.0. The third kappa shape index (κ3) is 5.07. The molecule has 0 saturated heterocycles. The summed E-state index contributed by atoms with van der Waals surface area (Å²) in [6, 6.07) is 10.8. The maximum absolute atomic E-state index is 12.6. The number of hydrogen-bond acceptors (Lipinski definition) is 4. The molecule has 0 unspecified atom stereocenters. The summed E-state index contributed by atoms with van der Waals surface area (Å²) >= 11 is 1.53. The number of amides is 1. The number of rotatable bonds is 5. The van der Waals surface area contributed by atoms with Gasteiger partial charge in [-0.15, -0.1) is 11.3 Å². The molecule has 0 aliphatic heterocycles. The third-order valence-corrected chi connectivity index (χ3v) is 4.44. The molecule has 140 valence electrons. The molecule has 0 saturated carbocycles. The number of ether oxygens (including phenoxy) is 1. The molecule has 1 N–H and O–H groups in total. The average Bonchev–Trinajstić information content (AvgIpc) is 3.05. The third-order valence-electron chi connectivity index (χ3n) is 3.62. The minimum Gasteiger partial charge on any atom is -0.487 e. The van der Waals surface area contributed by atoms with Crippen LogP contribution in [-0.2, 0) is 12.8 Å². The van der Waals surface area contributed by atoms with Crippen LogP contribution in [0.2, 0.25) is 0 Å². The highest BCUT2D eigenvalue weighted by atomic mass is 32.1.